The summed E-state index contributed by atoms with van der Waals surface area (Å²) in [5.41, 5.74) is 0. The van der Waals surface area contributed by atoms with Gasteiger partial charge >= 0.3 is 12.0 Å². The van der Waals surface area contributed by atoms with Gasteiger partial charge in [-0.3, -0.25) is 4.79 Å². The molecule has 2 amide bonds. The molecule has 0 aromatic carbocycles. The molecule has 0 aliphatic carbocycles. The molecule has 0 unspecified atom stereocenters. The second kappa shape index (κ2) is 5.15. The second-order valence-electron chi connectivity index (χ2n) is 3.51. The topological polar surface area (TPSA) is 104 Å². The number of sulfone groups is 1. The highest BCUT2D eigenvalue weighted by Crippen LogP contribution is 2.03. The molecule has 0 aromatic rings. The summed E-state index contributed by atoms with van der Waals surface area (Å²) in [7, 11) is -3.00. The molecule has 7 nitrogen and oxygen atoms in total. The van der Waals surface area contributed by atoms with Gasteiger partial charge in [0.15, 0.2) is 9.84 Å². The Morgan fingerprint density at radius 1 is 1.25 bits per heavy atom. The first-order valence-electron chi connectivity index (χ1n) is 4.86. The van der Waals surface area contributed by atoms with Crippen LogP contribution in [0.3, 0.4) is 0 Å². The highest BCUT2D eigenvalue weighted by atomic mass is 32.2. The van der Waals surface area contributed by atoms with Gasteiger partial charge in [0.2, 0.25) is 0 Å². The molecule has 0 bridgehead atoms. The smallest absolute Gasteiger partial charge is 0.317 e. The summed E-state index contributed by atoms with van der Waals surface area (Å²) >= 11 is 0. The van der Waals surface area contributed by atoms with Gasteiger partial charge < -0.3 is 15.3 Å². The maximum Gasteiger partial charge on any atom is 0.317 e. The maximum absolute atomic E-state index is 11.4. The van der Waals surface area contributed by atoms with Crippen molar-refractivity contribution in [2.45, 2.75) is 6.42 Å². The predicted molar refractivity (Wildman–Crippen MR) is 55.9 cm³/mol. The standard InChI is InChI=1S/C8H14N2O5S/c11-7(12)1-2-9-8(13)10-3-5-16(14,15)6-4-10/h1-6H2,(H,9,13)(H,11,12). The van der Waals surface area contributed by atoms with Crippen LogP contribution in [0.1, 0.15) is 6.42 Å². The van der Waals surface area contributed by atoms with Gasteiger partial charge in [0, 0.05) is 19.6 Å². The van der Waals surface area contributed by atoms with E-state index in [0.717, 1.165) is 0 Å². The summed E-state index contributed by atoms with van der Waals surface area (Å²) in [6, 6.07) is -0.406. The summed E-state index contributed by atoms with van der Waals surface area (Å²) < 4.78 is 22.2. The van der Waals surface area contributed by atoms with Crippen LogP contribution in [0.15, 0.2) is 0 Å². The number of hydrogen-bond donors (Lipinski definition) is 2. The number of aliphatic carboxylic acids is 1. The van der Waals surface area contributed by atoms with E-state index >= 15 is 0 Å². The fourth-order valence-corrected chi connectivity index (χ4v) is 2.50. The molecule has 1 rings (SSSR count). The molecule has 0 aromatic heterocycles. The van der Waals surface area contributed by atoms with Crippen LogP contribution in [-0.2, 0) is 14.6 Å². The van der Waals surface area contributed by atoms with Crippen LogP contribution in [0.25, 0.3) is 0 Å². The van der Waals surface area contributed by atoms with Crippen molar-refractivity contribution >= 4 is 21.8 Å². The number of carbonyl (C=O) groups is 2. The van der Waals surface area contributed by atoms with Crippen molar-refractivity contribution in [2.75, 3.05) is 31.1 Å². The quantitative estimate of drug-likeness (QED) is 0.661. The number of urea groups is 1. The second-order valence-corrected chi connectivity index (χ2v) is 5.82. The van der Waals surface area contributed by atoms with E-state index < -0.39 is 21.8 Å². The Balaban J connectivity index is 2.31. The summed E-state index contributed by atoms with van der Waals surface area (Å²) in [6.07, 6.45) is -0.141. The SMILES string of the molecule is O=C(O)CCNC(=O)N1CCS(=O)(=O)CC1. The van der Waals surface area contributed by atoms with Gasteiger partial charge in [-0.1, -0.05) is 0 Å². The van der Waals surface area contributed by atoms with Crippen molar-refractivity contribution in [1.82, 2.24) is 10.2 Å². The van der Waals surface area contributed by atoms with E-state index in [1.54, 1.807) is 0 Å². The van der Waals surface area contributed by atoms with Gasteiger partial charge in [-0.05, 0) is 0 Å². The van der Waals surface area contributed by atoms with Crippen LogP contribution in [0.2, 0.25) is 0 Å². The molecule has 8 heteroatoms. The minimum Gasteiger partial charge on any atom is -0.481 e. The van der Waals surface area contributed by atoms with Crippen molar-refractivity contribution in [3.05, 3.63) is 0 Å². The van der Waals surface area contributed by atoms with Crippen LogP contribution in [-0.4, -0.2) is 61.6 Å². The van der Waals surface area contributed by atoms with Gasteiger partial charge in [-0.25, -0.2) is 13.2 Å². The van der Waals surface area contributed by atoms with Crippen LogP contribution >= 0.6 is 0 Å². The zero-order chi connectivity index (χ0) is 12.2. The average Bonchev–Trinajstić information content (AvgIpc) is 2.16. The summed E-state index contributed by atoms with van der Waals surface area (Å²) in [5.74, 6) is -1.04. The lowest BCUT2D eigenvalue weighted by atomic mass is 10.4. The van der Waals surface area contributed by atoms with Gasteiger partial charge in [-0.2, -0.15) is 0 Å². The zero-order valence-corrected chi connectivity index (χ0v) is 9.49. The van der Waals surface area contributed by atoms with E-state index in [1.807, 2.05) is 0 Å². The van der Waals surface area contributed by atoms with E-state index in [0.29, 0.717) is 0 Å². The normalized spacial score (nSPS) is 19.1. The van der Waals surface area contributed by atoms with E-state index in [4.69, 9.17) is 5.11 Å². The maximum atomic E-state index is 11.4. The number of rotatable bonds is 3. The van der Waals surface area contributed by atoms with Crippen LogP contribution < -0.4 is 5.32 Å². The molecule has 92 valence electrons. The van der Waals surface area contributed by atoms with E-state index in [1.165, 1.54) is 4.90 Å². The summed E-state index contributed by atoms with van der Waals surface area (Å²) in [4.78, 5) is 23.0. The minimum absolute atomic E-state index is 0.0284. The molecule has 1 aliphatic heterocycles. The Morgan fingerprint density at radius 2 is 1.81 bits per heavy atom. The number of carbonyl (C=O) groups excluding carboxylic acids is 1. The number of amides is 2. The van der Waals surface area contributed by atoms with Crippen molar-refractivity contribution in [3.63, 3.8) is 0 Å². The number of nitrogens with one attached hydrogen (secondary N) is 1. The lowest BCUT2D eigenvalue weighted by molar-refractivity contribution is -0.136. The van der Waals surface area contributed by atoms with Crippen molar-refractivity contribution in [3.8, 4) is 0 Å². The number of carboxylic acids is 1. The van der Waals surface area contributed by atoms with Gasteiger partial charge in [0.05, 0.1) is 17.9 Å². The Morgan fingerprint density at radius 3 is 2.31 bits per heavy atom. The third-order valence-corrected chi connectivity index (χ3v) is 3.86. The molecule has 1 fully saturated rings. The molecule has 2 N–H and O–H groups in total. The number of carboxylic acid groups (broad SMARTS) is 1. The van der Waals surface area contributed by atoms with Crippen molar-refractivity contribution in [1.29, 1.82) is 0 Å². The molecule has 1 aliphatic rings. The fourth-order valence-electron chi connectivity index (χ4n) is 1.30. The van der Waals surface area contributed by atoms with Crippen LogP contribution in [0, 0.1) is 0 Å². The molecule has 0 spiro atoms. The average molecular weight is 250 g/mol. The van der Waals surface area contributed by atoms with Gasteiger partial charge in [-0.15, -0.1) is 0 Å². The lowest BCUT2D eigenvalue weighted by Crippen LogP contribution is -2.48. The van der Waals surface area contributed by atoms with Crippen molar-refractivity contribution < 1.29 is 23.1 Å². The molecular formula is C8H14N2O5S. The minimum atomic E-state index is -3.00. The molecular weight excluding hydrogens is 236 g/mol. The van der Waals surface area contributed by atoms with E-state index in [-0.39, 0.29) is 37.6 Å². The molecule has 16 heavy (non-hydrogen) atoms. The van der Waals surface area contributed by atoms with Crippen molar-refractivity contribution in [2.24, 2.45) is 0 Å². The number of nitrogens with zero attached hydrogens (tertiary/aromatic N) is 1. The third kappa shape index (κ3) is 4.05. The Kier molecular flexibility index (Phi) is 4.11. The van der Waals surface area contributed by atoms with Crippen LogP contribution in [0.5, 0.6) is 0 Å². The monoisotopic (exact) mass is 250 g/mol. The lowest BCUT2D eigenvalue weighted by Gasteiger charge is -2.26. The molecule has 1 heterocycles. The first kappa shape index (κ1) is 12.8. The summed E-state index contributed by atoms with van der Waals surface area (Å²) in [5, 5.41) is 10.8. The molecule has 0 atom stereocenters. The first-order chi connectivity index (χ1) is 7.41. The van der Waals surface area contributed by atoms with E-state index in [9.17, 15) is 18.0 Å². The van der Waals surface area contributed by atoms with Gasteiger partial charge in [0.1, 0.15) is 0 Å². The van der Waals surface area contributed by atoms with E-state index in [2.05, 4.69) is 5.32 Å². The fraction of sp³-hybridized carbons (Fsp3) is 0.750. The Hall–Kier alpha value is -1.31. The zero-order valence-electron chi connectivity index (χ0n) is 8.68. The predicted octanol–water partition coefficient (Wildman–Crippen LogP) is -1.10. The third-order valence-electron chi connectivity index (χ3n) is 2.25. The molecule has 1 saturated heterocycles. The largest absolute Gasteiger partial charge is 0.481 e. The highest BCUT2D eigenvalue weighted by molar-refractivity contribution is 7.91. The Bertz CT molecular complexity index is 364. The van der Waals surface area contributed by atoms with Crippen LogP contribution in [0.4, 0.5) is 4.79 Å². The van der Waals surface area contributed by atoms with Gasteiger partial charge in [0.25, 0.3) is 0 Å². The molecule has 0 saturated carbocycles. The summed E-state index contributed by atoms with van der Waals surface area (Å²) in [6.45, 7) is 0.389. The molecule has 0 radical (unpaired) electrons. The number of hydrogen-bond acceptors (Lipinski definition) is 4. The Labute approximate surface area is 93.3 Å². The first-order valence-corrected chi connectivity index (χ1v) is 6.68. The highest BCUT2D eigenvalue weighted by Gasteiger charge is 2.24.